The van der Waals surface area contributed by atoms with E-state index in [1.807, 2.05) is 30.5 Å². The van der Waals surface area contributed by atoms with Gasteiger partial charge >= 0.3 is 0 Å². The van der Waals surface area contributed by atoms with Gasteiger partial charge in [-0.05, 0) is 36.6 Å². The third kappa shape index (κ3) is 4.52. The number of carbonyl (C=O) groups excluding carboxylic acids is 1. The number of anilines is 1. The number of nitriles is 1. The predicted octanol–water partition coefficient (Wildman–Crippen LogP) is 3.41. The van der Waals surface area contributed by atoms with Gasteiger partial charge in [-0.1, -0.05) is 17.8 Å². The van der Waals surface area contributed by atoms with E-state index >= 15 is 0 Å². The van der Waals surface area contributed by atoms with Crippen LogP contribution in [-0.2, 0) is 4.79 Å². The summed E-state index contributed by atoms with van der Waals surface area (Å²) in [6, 6.07) is 13.1. The normalized spacial score (nSPS) is 9.90. The first kappa shape index (κ1) is 15.4. The Bertz CT molecular complexity index is 683. The van der Waals surface area contributed by atoms with E-state index in [2.05, 4.69) is 16.4 Å². The number of pyridine rings is 1. The Balaban J connectivity index is 1.94. The number of aromatic nitrogens is 1. The van der Waals surface area contributed by atoms with Gasteiger partial charge < -0.3 is 5.32 Å². The molecule has 1 aromatic heterocycles. The van der Waals surface area contributed by atoms with Crippen molar-refractivity contribution in [2.24, 2.45) is 0 Å². The summed E-state index contributed by atoms with van der Waals surface area (Å²) < 4.78 is 0. The van der Waals surface area contributed by atoms with Crippen molar-refractivity contribution in [1.82, 2.24) is 4.98 Å². The number of thioether (sulfide) groups is 2. The van der Waals surface area contributed by atoms with E-state index in [0.29, 0.717) is 10.6 Å². The summed E-state index contributed by atoms with van der Waals surface area (Å²) >= 11 is 2.88. The highest BCUT2D eigenvalue weighted by molar-refractivity contribution is 8.00. The molecular weight excluding hydrogens is 302 g/mol. The van der Waals surface area contributed by atoms with Crippen molar-refractivity contribution in [3.05, 3.63) is 48.2 Å². The van der Waals surface area contributed by atoms with Crippen LogP contribution in [0.1, 0.15) is 5.56 Å². The topological polar surface area (TPSA) is 65.8 Å². The molecule has 0 saturated heterocycles. The van der Waals surface area contributed by atoms with Crippen LogP contribution in [0.15, 0.2) is 52.5 Å². The Kier molecular flexibility index (Phi) is 5.67. The molecule has 1 N–H and O–H groups in total. The van der Waals surface area contributed by atoms with Crippen LogP contribution >= 0.6 is 23.5 Å². The lowest BCUT2D eigenvalue weighted by Crippen LogP contribution is -2.14. The lowest BCUT2D eigenvalue weighted by atomic mass is 10.3. The number of nitrogens with zero attached hydrogens (tertiary/aromatic N) is 2. The molecule has 6 heteroatoms. The molecule has 0 aliphatic heterocycles. The van der Waals surface area contributed by atoms with E-state index in [1.165, 1.54) is 11.8 Å². The zero-order chi connectivity index (χ0) is 15.1. The van der Waals surface area contributed by atoms with E-state index in [0.717, 1.165) is 10.6 Å². The van der Waals surface area contributed by atoms with Gasteiger partial charge in [-0.3, -0.25) is 4.79 Å². The summed E-state index contributed by atoms with van der Waals surface area (Å²) in [4.78, 5) is 17.1. The molecular formula is C15H13N3OS2. The average Bonchev–Trinajstić information content (AvgIpc) is 2.53. The third-order valence-corrected chi connectivity index (χ3v) is 4.32. The summed E-state index contributed by atoms with van der Waals surface area (Å²) in [7, 11) is 0. The molecule has 2 rings (SSSR count). The third-order valence-electron chi connectivity index (χ3n) is 2.59. The fourth-order valence-electron chi connectivity index (χ4n) is 1.62. The first-order valence-corrected chi connectivity index (χ1v) is 8.36. The van der Waals surface area contributed by atoms with Crippen molar-refractivity contribution in [2.75, 3.05) is 17.3 Å². The van der Waals surface area contributed by atoms with Crippen LogP contribution in [0.5, 0.6) is 0 Å². The van der Waals surface area contributed by atoms with E-state index in [9.17, 15) is 4.79 Å². The van der Waals surface area contributed by atoms with Gasteiger partial charge in [0.2, 0.25) is 5.91 Å². The zero-order valence-electron chi connectivity index (χ0n) is 11.4. The second kappa shape index (κ2) is 7.72. The maximum atomic E-state index is 11.9. The van der Waals surface area contributed by atoms with Crippen molar-refractivity contribution in [3.63, 3.8) is 0 Å². The molecule has 1 aromatic carbocycles. The highest BCUT2D eigenvalue weighted by atomic mass is 32.2. The summed E-state index contributed by atoms with van der Waals surface area (Å²) in [5, 5.41) is 12.4. The molecule has 0 aliphatic carbocycles. The van der Waals surface area contributed by atoms with Gasteiger partial charge in [0.1, 0.15) is 11.1 Å². The van der Waals surface area contributed by atoms with Crippen LogP contribution in [-0.4, -0.2) is 22.9 Å². The standard InChI is InChI=1S/C15H13N3OS2/c1-20-13-6-2-5-12(8-13)18-14(19)10-21-15-11(9-16)4-3-7-17-15/h2-8H,10H2,1H3,(H,18,19). The van der Waals surface area contributed by atoms with E-state index in [4.69, 9.17) is 5.26 Å². The minimum Gasteiger partial charge on any atom is -0.325 e. The van der Waals surface area contributed by atoms with Crippen LogP contribution in [0.2, 0.25) is 0 Å². The Labute approximate surface area is 132 Å². The average molecular weight is 315 g/mol. The van der Waals surface area contributed by atoms with Crippen molar-refractivity contribution in [1.29, 1.82) is 5.26 Å². The molecule has 0 saturated carbocycles. The smallest absolute Gasteiger partial charge is 0.234 e. The number of amides is 1. The Morgan fingerprint density at radius 2 is 2.24 bits per heavy atom. The molecule has 0 radical (unpaired) electrons. The maximum Gasteiger partial charge on any atom is 0.234 e. The highest BCUT2D eigenvalue weighted by Gasteiger charge is 2.08. The number of hydrogen-bond acceptors (Lipinski definition) is 5. The van der Waals surface area contributed by atoms with Gasteiger partial charge in [0.15, 0.2) is 0 Å². The maximum absolute atomic E-state index is 11.9. The van der Waals surface area contributed by atoms with E-state index in [-0.39, 0.29) is 11.7 Å². The van der Waals surface area contributed by atoms with E-state index < -0.39 is 0 Å². The molecule has 2 aromatic rings. The first-order valence-electron chi connectivity index (χ1n) is 6.14. The summed E-state index contributed by atoms with van der Waals surface area (Å²) in [5.74, 6) is 0.0997. The van der Waals surface area contributed by atoms with Crippen molar-refractivity contribution in [2.45, 2.75) is 9.92 Å². The Hall–Kier alpha value is -1.97. The molecule has 1 amide bonds. The Morgan fingerprint density at radius 3 is 3.00 bits per heavy atom. The molecule has 1 heterocycles. The van der Waals surface area contributed by atoms with Gasteiger partial charge in [-0.15, -0.1) is 11.8 Å². The van der Waals surface area contributed by atoms with Crippen LogP contribution in [0.3, 0.4) is 0 Å². The molecule has 0 bridgehead atoms. The molecule has 0 aliphatic rings. The number of hydrogen-bond donors (Lipinski definition) is 1. The lowest BCUT2D eigenvalue weighted by molar-refractivity contribution is -0.113. The minimum absolute atomic E-state index is 0.118. The number of rotatable bonds is 5. The van der Waals surface area contributed by atoms with E-state index in [1.54, 1.807) is 30.1 Å². The van der Waals surface area contributed by atoms with Crippen LogP contribution < -0.4 is 5.32 Å². The highest BCUT2D eigenvalue weighted by Crippen LogP contribution is 2.21. The second-order valence-electron chi connectivity index (χ2n) is 4.04. The van der Waals surface area contributed by atoms with Gasteiger partial charge in [0.25, 0.3) is 0 Å². The van der Waals surface area contributed by atoms with Gasteiger partial charge in [-0.25, -0.2) is 4.98 Å². The molecule has 0 atom stereocenters. The van der Waals surface area contributed by atoms with Crippen molar-refractivity contribution < 1.29 is 4.79 Å². The second-order valence-corrected chi connectivity index (χ2v) is 5.88. The van der Waals surface area contributed by atoms with Gasteiger partial charge in [-0.2, -0.15) is 5.26 Å². The van der Waals surface area contributed by atoms with Crippen molar-refractivity contribution >= 4 is 35.1 Å². The van der Waals surface area contributed by atoms with Crippen molar-refractivity contribution in [3.8, 4) is 6.07 Å². The molecule has 0 spiro atoms. The quantitative estimate of drug-likeness (QED) is 0.857. The molecule has 0 unspecified atom stereocenters. The number of carbonyl (C=O) groups is 1. The predicted molar refractivity (Wildman–Crippen MR) is 86.5 cm³/mol. The van der Waals surface area contributed by atoms with Gasteiger partial charge in [0, 0.05) is 16.8 Å². The van der Waals surface area contributed by atoms with Gasteiger partial charge in [0.05, 0.1) is 11.3 Å². The lowest BCUT2D eigenvalue weighted by Gasteiger charge is -2.06. The molecule has 106 valence electrons. The number of benzene rings is 1. The largest absolute Gasteiger partial charge is 0.325 e. The minimum atomic E-state index is -0.118. The monoisotopic (exact) mass is 315 g/mol. The summed E-state index contributed by atoms with van der Waals surface area (Å²) in [5.41, 5.74) is 1.26. The fraction of sp³-hybridized carbons (Fsp3) is 0.133. The fourth-order valence-corrected chi connectivity index (χ4v) is 2.83. The zero-order valence-corrected chi connectivity index (χ0v) is 13.0. The molecule has 21 heavy (non-hydrogen) atoms. The van der Waals surface area contributed by atoms with Crippen LogP contribution in [0, 0.1) is 11.3 Å². The number of nitrogens with one attached hydrogen (secondary N) is 1. The van der Waals surface area contributed by atoms with Crippen LogP contribution in [0.4, 0.5) is 5.69 Å². The SMILES string of the molecule is CSc1cccc(NC(=O)CSc2ncccc2C#N)c1. The molecule has 0 fully saturated rings. The summed E-state index contributed by atoms with van der Waals surface area (Å²) in [6.45, 7) is 0. The Morgan fingerprint density at radius 1 is 1.38 bits per heavy atom. The summed E-state index contributed by atoms with van der Waals surface area (Å²) in [6.07, 6.45) is 3.60. The first-order chi connectivity index (χ1) is 10.2. The molecule has 4 nitrogen and oxygen atoms in total. The van der Waals surface area contributed by atoms with Crippen LogP contribution in [0.25, 0.3) is 0 Å².